The normalized spacial score (nSPS) is 25.2. The van der Waals surface area contributed by atoms with E-state index < -0.39 is 12.0 Å². The van der Waals surface area contributed by atoms with Crippen LogP contribution >= 0.6 is 0 Å². The molecule has 5 heteroatoms. The van der Waals surface area contributed by atoms with Crippen LogP contribution in [-0.2, 0) is 14.3 Å². The topological polar surface area (TPSA) is 66.8 Å². The zero-order chi connectivity index (χ0) is 13.0. The number of carbonyl (C=O) groups excluding carboxylic acids is 1. The van der Waals surface area contributed by atoms with Crippen molar-refractivity contribution in [1.82, 2.24) is 4.90 Å². The fraction of sp³-hybridized carbons (Fsp3) is 0.833. The van der Waals surface area contributed by atoms with E-state index in [4.69, 9.17) is 9.84 Å². The lowest BCUT2D eigenvalue weighted by molar-refractivity contribution is -0.146. The van der Waals surface area contributed by atoms with Gasteiger partial charge >= 0.3 is 11.9 Å². The Hall–Kier alpha value is -1.10. The van der Waals surface area contributed by atoms with Crippen molar-refractivity contribution in [2.24, 2.45) is 5.92 Å². The van der Waals surface area contributed by atoms with Crippen LogP contribution in [0, 0.1) is 5.92 Å². The number of likely N-dealkylation sites (tertiary alicyclic amines) is 1. The minimum absolute atomic E-state index is 0.277. The number of esters is 1. The quantitative estimate of drug-likeness (QED) is 0.733. The maximum absolute atomic E-state index is 11.1. The second-order valence-corrected chi connectivity index (χ2v) is 5.00. The third kappa shape index (κ3) is 4.34. The molecule has 1 aliphatic rings. The highest BCUT2D eigenvalue weighted by molar-refractivity contribution is 5.74. The van der Waals surface area contributed by atoms with Gasteiger partial charge < -0.3 is 9.84 Å². The zero-order valence-electron chi connectivity index (χ0n) is 10.7. The molecule has 0 aliphatic carbocycles. The van der Waals surface area contributed by atoms with Crippen molar-refractivity contribution in [3.63, 3.8) is 0 Å². The van der Waals surface area contributed by atoms with Gasteiger partial charge in [0.2, 0.25) is 0 Å². The summed E-state index contributed by atoms with van der Waals surface area (Å²) in [6, 6.07) is -0.516. The molecule has 0 saturated carbocycles. The lowest BCUT2D eigenvalue weighted by Gasteiger charge is -2.21. The van der Waals surface area contributed by atoms with Crippen LogP contribution in [-0.4, -0.2) is 47.2 Å². The second-order valence-electron chi connectivity index (χ2n) is 5.00. The van der Waals surface area contributed by atoms with Crippen molar-refractivity contribution >= 4 is 11.9 Å². The van der Waals surface area contributed by atoms with Gasteiger partial charge in [0.05, 0.1) is 0 Å². The molecule has 17 heavy (non-hydrogen) atoms. The van der Waals surface area contributed by atoms with E-state index in [9.17, 15) is 9.59 Å². The Morgan fingerprint density at radius 1 is 1.47 bits per heavy atom. The summed E-state index contributed by atoms with van der Waals surface area (Å²) in [5.74, 6) is -0.634. The van der Waals surface area contributed by atoms with Gasteiger partial charge in [-0.25, -0.2) is 0 Å². The largest absolute Gasteiger partial charge is 0.480 e. The second kappa shape index (κ2) is 6.00. The van der Waals surface area contributed by atoms with E-state index in [1.54, 1.807) is 0 Å². The molecule has 0 spiro atoms. The number of ether oxygens (including phenoxy) is 1. The van der Waals surface area contributed by atoms with Crippen LogP contribution in [0.25, 0.3) is 0 Å². The minimum Gasteiger partial charge on any atom is -0.480 e. The molecule has 2 unspecified atom stereocenters. The number of aliphatic carboxylic acids is 1. The molecular weight excluding hydrogens is 222 g/mol. The van der Waals surface area contributed by atoms with Gasteiger partial charge in [0.1, 0.15) is 12.1 Å². The predicted molar refractivity (Wildman–Crippen MR) is 62.6 cm³/mol. The van der Waals surface area contributed by atoms with E-state index in [1.807, 2.05) is 4.90 Å². The fourth-order valence-electron chi connectivity index (χ4n) is 2.11. The lowest BCUT2D eigenvalue weighted by Crippen LogP contribution is -2.37. The molecule has 1 fully saturated rings. The Morgan fingerprint density at radius 2 is 2.12 bits per heavy atom. The lowest BCUT2D eigenvalue weighted by atomic mass is 10.1. The van der Waals surface area contributed by atoms with Crippen LogP contribution in [0.5, 0.6) is 0 Å². The number of rotatable bonds is 5. The van der Waals surface area contributed by atoms with E-state index in [1.165, 1.54) is 6.92 Å². The van der Waals surface area contributed by atoms with Gasteiger partial charge in [0.25, 0.3) is 0 Å². The molecule has 0 radical (unpaired) electrons. The molecule has 0 amide bonds. The first-order chi connectivity index (χ1) is 7.90. The first-order valence-corrected chi connectivity index (χ1v) is 6.04. The molecule has 0 aromatic heterocycles. The van der Waals surface area contributed by atoms with Gasteiger partial charge in [-0.05, 0) is 18.9 Å². The third-order valence-electron chi connectivity index (χ3n) is 2.98. The average molecular weight is 243 g/mol. The van der Waals surface area contributed by atoms with E-state index in [2.05, 4.69) is 13.8 Å². The average Bonchev–Trinajstić information content (AvgIpc) is 2.57. The predicted octanol–water partition coefficient (Wildman–Crippen LogP) is 1.12. The van der Waals surface area contributed by atoms with Crippen molar-refractivity contribution in [3.05, 3.63) is 0 Å². The molecule has 1 saturated heterocycles. The minimum atomic E-state index is -0.830. The summed E-state index contributed by atoms with van der Waals surface area (Å²) in [5, 5.41) is 9.12. The Balaban J connectivity index is 2.54. The van der Waals surface area contributed by atoms with Crippen molar-refractivity contribution in [2.75, 3.05) is 13.1 Å². The number of carboxylic acid groups (broad SMARTS) is 1. The molecule has 1 rings (SSSR count). The Kier molecular flexibility index (Phi) is 4.93. The third-order valence-corrected chi connectivity index (χ3v) is 2.98. The Bertz CT molecular complexity index is 290. The van der Waals surface area contributed by atoms with Crippen LogP contribution in [0.2, 0.25) is 0 Å². The van der Waals surface area contributed by atoms with Crippen molar-refractivity contribution in [3.8, 4) is 0 Å². The standard InChI is InChI=1S/C12H21NO4/c1-8(2)4-5-13-7-10(17-9(3)14)6-11(13)12(15)16/h8,10-11H,4-7H2,1-3H3,(H,15,16). The van der Waals surface area contributed by atoms with Gasteiger partial charge in [0, 0.05) is 19.9 Å². The van der Waals surface area contributed by atoms with Crippen molar-refractivity contribution in [1.29, 1.82) is 0 Å². The van der Waals surface area contributed by atoms with E-state index in [0.29, 0.717) is 18.9 Å². The smallest absolute Gasteiger partial charge is 0.321 e. The molecule has 0 bridgehead atoms. The summed E-state index contributed by atoms with van der Waals surface area (Å²) in [4.78, 5) is 23.9. The zero-order valence-corrected chi connectivity index (χ0v) is 10.7. The van der Waals surface area contributed by atoms with Crippen LogP contribution in [0.4, 0.5) is 0 Å². The maximum Gasteiger partial charge on any atom is 0.321 e. The highest BCUT2D eigenvalue weighted by atomic mass is 16.5. The number of nitrogens with zero attached hydrogens (tertiary/aromatic N) is 1. The molecular formula is C12H21NO4. The molecule has 1 N–H and O–H groups in total. The van der Waals surface area contributed by atoms with E-state index in [0.717, 1.165) is 13.0 Å². The first kappa shape index (κ1) is 14.0. The van der Waals surface area contributed by atoms with Crippen molar-refractivity contribution < 1.29 is 19.4 Å². The summed E-state index contributed by atoms with van der Waals surface area (Å²) >= 11 is 0. The molecule has 2 atom stereocenters. The van der Waals surface area contributed by atoms with Crippen LogP contribution in [0.3, 0.4) is 0 Å². The van der Waals surface area contributed by atoms with Crippen molar-refractivity contribution in [2.45, 2.75) is 45.8 Å². The summed E-state index contributed by atoms with van der Waals surface area (Å²) < 4.78 is 5.08. The van der Waals surface area contributed by atoms with Gasteiger partial charge in [-0.3, -0.25) is 14.5 Å². The van der Waals surface area contributed by atoms with E-state index in [-0.39, 0.29) is 12.1 Å². The Morgan fingerprint density at radius 3 is 2.59 bits per heavy atom. The first-order valence-electron chi connectivity index (χ1n) is 6.04. The summed E-state index contributed by atoms with van der Waals surface area (Å²) in [6.45, 7) is 6.84. The summed E-state index contributed by atoms with van der Waals surface area (Å²) in [5.41, 5.74) is 0. The molecule has 0 aromatic rings. The Labute approximate surface area is 102 Å². The molecule has 98 valence electrons. The number of carboxylic acids is 1. The van der Waals surface area contributed by atoms with Gasteiger partial charge in [0.15, 0.2) is 0 Å². The van der Waals surface area contributed by atoms with E-state index >= 15 is 0 Å². The molecule has 1 aliphatic heterocycles. The van der Waals surface area contributed by atoms with Gasteiger partial charge in [-0.1, -0.05) is 13.8 Å². The highest BCUT2D eigenvalue weighted by Gasteiger charge is 2.37. The summed E-state index contributed by atoms with van der Waals surface area (Å²) in [7, 11) is 0. The number of hydrogen-bond acceptors (Lipinski definition) is 4. The number of hydrogen-bond donors (Lipinski definition) is 1. The fourth-order valence-corrected chi connectivity index (χ4v) is 2.11. The summed E-state index contributed by atoms with van der Waals surface area (Å²) in [6.07, 6.45) is 1.07. The molecule has 1 heterocycles. The molecule has 5 nitrogen and oxygen atoms in total. The molecule has 0 aromatic carbocycles. The maximum atomic E-state index is 11.1. The monoisotopic (exact) mass is 243 g/mol. The van der Waals surface area contributed by atoms with Crippen LogP contribution < -0.4 is 0 Å². The van der Waals surface area contributed by atoms with Crippen LogP contribution in [0.1, 0.15) is 33.6 Å². The van der Waals surface area contributed by atoms with Crippen LogP contribution in [0.15, 0.2) is 0 Å². The van der Waals surface area contributed by atoms with Gasteiger partial charge in [-0.2, -0.15) is 0 Å². The SMILES string of the molecule is CC(=O)OC1CC(C(=O)O)N(CCC(C)C)C1. The van der Waals surface area contributed by atoms with Gasteiger partial charge in [-0.15, -0.1) is 0 Å². The highest BCUT2D eigenvalue weighted by Crippen LogP contribution is 2.21. The number of carbonyl (C=O) groups is 2.